The molecular formula is C17H17Cl2N3O2. The highest BCUT2D eigenvalue weighted by atomic mass is 35.5. The van der Waals surface area contributed by atoms with Gasteiger partial charge in [0.05, 0.1) is 0 Å². The number of carbonyl (C=O) groups is 2. The molecule has 0 aliphatic heterocycles. The number of urea groups is 1. The number of nitrogens with one attached hydrogen (secondary N) is 2. The smallest absolute Gasteiger partial charge is 0.319 e. The summed E-state index contributed by atoms with van der Waals surface area (Å²) in [6, 6.07) is 13.7. The van der Waals surface area contributed by atoms with Crippen LogP contribution in [0.25, 0.3) is 0 Å². The lowest BCUT2D eigenvalue weighted by atomic mass is 10.2. The van der Waals surface area contributed by atoms with Crippen molar-refractivity contribution in [2.45, 2.75) is 6.92 Å². The number of nitrogens with zero attached hydrogens (tertiary/aromatic N) is 1. The fourth-order valence-electron chi connectivity index (χ4n) is 2.14. The van der Waals surface area contributed by atoms with Crippen molar-refractivity contribution in [2.75, 3.05) is 23.3 Å². The van der Waals surface area contributed by atoms with E-state index in [1.54, 1.807) is 30.3 Å². The Labute approximate surface area is 150 Å². The standard InChI is InChI=1S/C17H17Cl2N3O2/c1-12(23)22(16-10-13(18)9-14(19)11-16)8-7-20-17(24)21-15-5-3-2-4-6-15/h2-6,9-11H,7-8H2,1H3,(H2,20,21,24). The molecule has 2 N–H and O–H groups in total. The monoisotopic (exact) mass is 365 g/mol. The summed E-state index contributed by atoms with van der Waals surface area (Å²) in [5.41, 5.74) is 1.28. The molecule has 2 aromatic carbocycles. The summed E-state index contributed by atoms with van der Waals surface area (Å²) in [5.74, 6) is -0.168. The predicted octanol–water partition coefficient (Wildman–Crippen LogP) is 4.17. The Hall–Kier alpha value is -2.24. The molecule has 0 saturated carbocycles. The second-order valence-corrected chi connectivity index (χ2v) is 5.92. The molecule has 7 heteroatoms. The molecule has 3 amide bonds. The first-order chi connectivity index (χ1) is 11.5. The van der Waals surface area contributed by atoms with Crippen LogP contribution in [0.1, 0.15) is 6.92 Å². The van der Waals surface area contributed by atoms with Gasteiger partial charge < -0.3 is 15.5 Å². The normalized spacial score (nSPS) is 10.1. The van der Waals surface area contributed by atoms with Crippen molar-refractivity contribution in [3.8, 4) is 0 Å². The molecule has 0 spiro atoms. The van der Waals surface area contributed by atoms with Crippen LogP contribution >= 0.6 is 23.2 Å². The first-order valence-electron chi connectivity index (χ1n) is 7.30. The maximum atomic E-state index is 11.8. The zero-order chi connectivity index (χ0) is 17.5. The van der Waals surface area contributed by atoms with E-state index in [-0.39, 0.29) is 18.5 Å². The molecule has 0 radical (unpaired) electrons. The zero-order valence-electron chi connectivity index (χ0n) is 13.1. The van der Waals surface area contributed by atoms with Crippen molar-refractivity contribution in [2.24, 2.45) is 0 Å². The summed E-state index contributed by atoms with van der Waals surface area (Å²) in [4.78, 5) is 25.2. The highest BCUT2D eigenvalue weighted by Crippen LogP contribution is 2.25. The van der Waals surface area contributed by atoms with Gasteiger partial charge in [-0.15, -0.1) is 0 Å². The van der Waals surface area contributed by atoms with Crippen LogP contribution in [-0.2, 0) is 4.79 Å². The lowest BCUT2D eigenvalue weighted by Crippen LogP contribution is -2.39. The molecule has 0 aliphatic rings. The lowest BCUT2D eigenvalue weighted by molar-refractivity contribution is -0.116. The maximum absolute atomic E-state index is 11.8. The Morgan fingerprint density at radius 3 is 2.25 bits per heavy atom. The molecule has 0 bridgehead atoms. The topological polar surface area (TPSA) is 61.4 Å². The third-order valence-electron chi connectivity index (χ3n) is 3.19. The second kappa shape index (κ2) is 8.57. The van der Waals surface area contributed by atoms with E-state index < -0.39 is 0 Å². The Morgan fingerprint density at radius 1 is 1.04 bits per heavy atom. The van der Waals surface area contributed by atoms with Gasteiger partial charge in [-0.05, 0) is 30.3 Å². The highest BCUT2D eigenvalue weighted by Gasteiger charge is 2.13. The number of hydrogen-bond donors (Lipinski definition) is 2. The van der Waals surface area contributed by atoms with Crippen LogP contribution in [0.5, 0.6) is 0 Å². The van der Waals surface area contributed by atoms with Crippen LogP contribution < -0.4 is 15.5 Å². The van der Waals surface area contributed by atoms with Crippen molar-refractivity contribution in [3.05, 3.63) is 58.6 Å². The number of anilines is 2. The average molecular weight is 366 g/mol. The summed E-state index contributed by atoms with van der Waals surface area (Å²) in [6.45, 7) is 2.02. The van der Waals surface area contributed by atoms with E-state index in [0.717, 1.165) is 0 Å². The Kier molecular flexibility index (Phi) is 6.46. The van der Waals surface area contributed by atoms with Crippen LogP contribution in [-0.4, -0.2) is 25.0 Å². The van der Waals surface area contributed by atoms with Crippen molar-refractivity contribution in [1.82, 2.24) is 5.32 Å². The number of carbonyl (C=O) groups excluding carboxylic acids is 2. The molecule has 0 unspecified atom stereocenters. The van der Waals surface area contributed by atoms with E-state index in [0.29, 0.717) is 28.0 Å². The first-order valence-corrected chi connectivity index (χ1v) is 8.05. The minimum Gasteiger partial charge on any atom is -0.336 e. The fraction of sp³-hybridized carbons (Fsp3) is 0.176. The third-order valence-corrected chi connectivity index (χ3v) is 3.63. The van der Waals surface area contributed by atoms with Crippen LogP contribution in [0.15, 0.2) is 48.5 Å². The van der Waals surface area contributed by atoms with E-state index in [2.05, 4.69) is 10.6 Å². The fourth-order valence-corrected chi connectivity index (χ4v) is 2.66. The van der Waals surface area contributed by atoms with Gasteiger partial charge in [-0.3, -0.25) is 4.79 Å². The van der Waals surface area contributed by atoms with Gasteiger partial charge in [0.2, 0.25) is 5.91 Å². The molecular weight excluding hydrogens is 349 g/mol. The second-order valence-electron chi connectivity index (χ2n) is 5.05. The van der Waals surface area contributed by atoms with Gasteiger partial charge in [0.25, 0.3) is 0 Å². The van der Waals surface area contributed by atoms with Gasteiger partial charge in [-0.1, -0.05) is 41.4 Å². The molecule has 2 rings (SSSR count). The molecule has 0 aromatic heterocycles. The van der Waals surface area contributed by atoms with E-state index >= 15 is 0 Å². The molecule has 0 aliphatic carbocycles. The Balaban J connectivity index is 1.92. The molecule has 5 nitrogen and oxygen atoms in total. The summed E-state index contributed by atoms with van der Waals surface area (Å²) >= 11 is 11.9. The number of benzene rings is 2. The van der Waals surface area contributed by atoms with E-state index in [1.165, 1.54) is 11.8 Å². The van der Waals surface area contributed by atoms with E-state index in [1.807, 2.05) is 18.2 Å². The van der Waals surface area contributed by atoms with Crippen LogP contribution in [0.3, 0.4) is 0 Å². The lowest BCUT2D eigenvalue weighted by Gasteiger charge is -2.22. The minimum absolute atomic E-state index is 0.168. The molecule has 0 saturated heterocycles. The molecule has 0 heterocycles. The number of halogens is 2. The minimum atomic E-state index is -0.339. The summed E-state index contributed by atoms with van der Waals surface area (Å²) in [6.07, 6.45) is 0. The van der Waals surface area contributed by atoms with Gasteiger partial charge in [-0.25, -0.2) is 4.79 Å². The van der Waals surface area contributed by atoms with Crippen molar-refractivity contribution >= 4 is 46.5 Å². The molecule has 0 fully saturated rings. The van der Waals surface area contributed by atoms with Gasteiger partial charge >= 0.3 is 6.03 Å². The van der Waals surface area contributed by atoms with Crippen LogP contribution in [0, 0.1) is 0 Å². The Morgan fingerprint density at radius 2 is 1.67 bits per heavy atom. The maximum Gasteiger partial charge on any atom is 0.319 e. The van der Waals surface area contributed by atoms with Gasteiger partial charge in [0.15, 0.2) is 0 Å². The predicted molar refractivity (Wildman–Crippen MR) is 98.0 cm³/mol. The number of rotatable bonds is 5. The molecule has 24 heavy (non-hydrogen) atoms. The first kappa shape index (κ1) is 18.1. The number of amides is 3. The third kappa shape index (κ3) is 5.44. The summed E-state index contributed by atoms with van der Waals surface area (Å²) in [7, 11) is 0. The molecule has 2 aromatic rings. The van der Waals surface area contributed by atoms with Gasteiger partial charge in [0, 0.05) is 41.4 Å². The van der Waals surface area contributed by atoms with Crippen molar-refractivity contribution < 1.29 is 9.59 Å². The summed E-state index contributed by atoms with van der Waals surface area (Å²) in [5, 5.41) is 6.30. The van der Waals surface area contributed by atoms with Gasteiger partial charge in [-0.2, -0.15) is 0 Å². The molecule has 126 valence electrons. The van der Waals surface area contributed by atoms with Crippen LogP contribution in [0.4, 0.5) is 16.2 Å². The average Bonchev–Trinajstić information content (AvgIpc) is 2.51. The van der Waals surface area contributed by atoms with Crippen molar-refractivity contribution in [1.29, 1.82) is 0 Å². The quantitative estimate of drug-likeness (QED) is 0.835. The highest BCUT2D eigenvalue weighted by molar-refractivity contribution is 6.35. The van der Waals surface area contributed by atoms with E-state index in [4.69, 9.17) is 23.2 Å². The van der Waals surface area contributed by atoms with Gasteiger partial charge in [0.1, 0.15) is 0 Å². The van der Waals surface area contributed by atoms with Crippen LogP contribution in [0.2, 0.25) is 10.0 Å². The largest absolute Gasteiger partial charge is 0.336 e. The zero-order valence-corrected chi connectivity index (χ0v) is 14.6. The summed E-state index contributed by atoms with van der Waals surface area (Å²) < 4.78 is 0. The number of para-hydroxylation sites is 1. The van der Waals surface area contributed by atoms with E-state index in [9.17, 15) is 9.59 Å². The molecule has 0 atom stereocenters. The Bertz CT molecular complexity index is 703. The van der Waals surface area contributed by atoms with Crippen molar-refractivity contribution in [3.63, 3.8) is 0 Å². The SMILES string of the molecule is CC(=O)N(CCNC(=O)Nc1ccccc1)c1cc(Cl)cc(Cl)c1. The number of hydrogen-bond acceptors (Lipinski definition) is 2.